The molecule has 0 atom stereocenters. The third kappa shape index (κ3) is 4.10. The highest BCUT2D eigenvalue weighted by Crippen LogP contribution is 2.36. The molecular formula is C24H31N3O2. The van der Waals surface area contributed by atoms with Gasteiger partial charge in [-0.15, -0.1) is 0 Å². The molecule has 1 fully saturated rings. The van der Waals surface area contributed by atoms with E-state index in [2.05, 4.69) is 65.7 Å². The molecular weight excluding hydrogens is 362 g/mol. The number of anilines is 1. The number of ether oxygens (including phenoxy) is 2. The van der Waals surface area contributed by atoms with Gasteiger partial charge in [-0.1, -0.05) is 30.3 Å². The quantitative estimate of drug-likeness (QED) is 0.620. The zero-order valence-corrected chi connectivity index (χ0v) is 17.5. The van der Waals surface area contributed by atoms with E-state index in [4.69, 9.17) is 14.5 Å². The number of hydrogen-bond donors (Lipinski definition) is 1. The SMILES string of the molecule is CCNC(=NCC1(c2ccc(OC)cc2)CCOCC1)N1CCc2ccccc21. The van der Waals surface area contributed by atoms with Crippen LogP contribution >= 0.6 is 0 Å². The van der Waals surface area contributed by atoms with Crippen molar-refractivity contribution in [2.75, 3.05) is 44.9 Å². The normalized spacial score (nSPS) is 18.4. The number of aliphatic imine (C=N–C) groups is 1. The number of fused-ring (bicyclic) bond motifs is 1. The molecule has 0 aliphatic carbocycles. The first-order valence-electron chi connectivity index (χ1n) is 10.6. The van der Waals surface area contributed by atoms with Gasteiger partial charge in [-0.25, -0.2) is 0 Å². The number of para-hydroxylation sites is 1. The van der Waals surface area contributed by atoms with Crippen molar-refractivity contribution in [3.05, 3.63) is 59.7 Å². The second-order valence-corrected chi connectivity index (χ2v) is 7.82. The second-order valence-electron chi connectivity index (χ2n) is 7.82. The third-order valence-corrected chi connectivity index (χ3v) is 6.16. The van der Waals surface area contributed by atoms with Crippen LogP contribution in [0.1, 0.15) is 30.9 Å². The van der Waals surface area contributed by atoms with Crippen molar-refractivity contribution in [1.29, 1.82) is 0 Å². The summed E-state index contributed by atoms with van der Waals surface area (Å²) in [4.78, 5) is 7.49. The van der Waals surface area contributed by atoms with Crippen LogP contribution in [0.15, 0.2) is 53.5 Å². The van der Waals surface area contributed by atoms with Gasteiger partial charge in [0.2, 0.25) is 0 Å². The van der Waals surface area contributed by atoms with E-state index in [9.17, 15) is 0 Å². The molecule has 2 aliphatic heterocycles. The number of methoxy groups -OCH3 is 1. The standard InChI is InChI=1S/C24H31N3O2/c1-3-25-23(27-15-12-19-6-4-5-7-22(19)27)26-18-24(13-16-29-17-14-24)20-8-10-21(28-2)11-9-20/h4-11H,3,12-18H2,1-2H3,(H,25,26). The van der Waals surface area contributed by atoms with Gasteiger partial charge in [0.25, 0.3) is 0 Å². The van der Waals surface area contributed by atoms with Gasteiger partial charge in [-0.2, -0.15) is 0 Å². The van der Waals surface area contributed by atoms with Gasteiger partial charge in [-0.3, -0.25) is 4.99 Å². The minimum absolute atomic E-state index is 0.00440. The molecule has 0 unspecified atom stereocenters. The Morgan fingerprint density at radius 1 is 1.14 bits per heavy atom. The monoisotopic (exact) mass is 393 g/mol. The molecule has 154 valence electrons. The van der Waals surface area contributed by atoms with Crippen LogP contribution in [-0.4, -0.2) is 45.9 Å². The minimum Gasteiger partial charge on any atom is -0.497 e. The number of benzene rings is 2. The van der Waals surface area contributed by atoms with Crippen LogP contribution < -0.4 is 15.0 Å². The molecule has 2 aromatic carbocycles. The Kier molecular flexibility index (Phi) is 6.05. The van der Waals surface area contributed by atoms with E-state index in [0.29, 0.717) is 0 Å². The van der Waals surface area contributed by atoms with E-state index in [1.807, 2.05) is 0 Å². The molecule has 0 bridgehead atoms. The Labute approximate surface area is 173 Å². The molecule has 0 aromatic heterocycles. The maximum Gasteiger partial charge on any atom is 0.198 e. The molecule has 2 aromatic rings. The highest BCUT2D eigenvalue weighted by molar-refractivity contribution is 5.98. The maximum absolute atomic E-state index is 5.69. The zero-order valence-electron chi connectivity index (χ0n) is 17.5. The van der Waals surface area contributed by atoms with Crippen LogP contribution in [0.3, 0.4) is 0 Å². The van der Waals surface area contributed by atoms with Crippen LogP contribution in [0.5, 0.6) is 5.75 Å². The van der Waals surface area contributed by atoms with Gasteiger partial charge in [-0.05, 0) is 55.5 Å². The number of nitrogens with one attached hydrogen (secondary N) is 1. The molecule has 0 saturated carbocycles. The summed E-state index contributed by atoms with van der Waals surface area (Å²) >= 11 is 0. The summed E-state index contributed by atoms with van der Waals surface area (Å²) in [5, 5.41) is 3.52. The van der Waals surface area contributed by atoms with Crippen molar-refractivity contribution in [1.82, 2.24) is 5.32 Å². The van der Waals surface area contributed by atoms with Crippen molar-refractivity contribution < 1.29 is 9.47 Å². The van der Waals surface area contributed by atoms with Crippen molar-refractivity contribution in [3.63, 3.8) is 0 Å². The number of guanidine groups is 1. The van der Waals surface area contributed by atoms with Crippen LogP contribution in [0.25, 0.3) is 0 Å². The Balaban J connectivity index is 1.62. The van der Waals surface area contributed by atoms with Crippen molar-refractivity contribution >= 4 is 11.6 Å². The van der Waals surface area contributed by atoms with E-state index >= 15 is 0 Å². The fourth-order valence-corrected chi connectivity index (χ4v) is 4.42. The van der Waals surface area contributed by atoms with Gasteiger partial charge in [0.15, 0.2) is 5.96 Å². The number of rotatable bonds is 5. The van der Waals surface area contributed by atoms with Crippen LogP contribution in [0.2, 0.25) is 0 Å². The fraction of sp³-hybridized carbons (Fsp3) is 0.458. The average molecular weight is 394 g/mol. The fourth-order valence-electron chi connectivity index (χ4n) is 4.42. The van der Waals surface area contributed by atoms with Gasteiger partial charge in [0, 0.05) is 37.4 Å². The van der Waals surface area contributed by atoms with Gasteiger partial charge in [0.05, 0.1) is 13.7 Å². The first-order chi connectivity index (χ1) is 14.3. The number of nitrogens with zero attached hydrogens (tertiary/aromatic N) is 2. The van der Waals surface area contributed by atoms with E-state index in [1.54, 1.807) is 7.11 Å². The molecule has 2 heterocycles. The Hall–Kier alpha value is -2.53. The smallest absolute Gasteiger partial charge is 0.198 e. The molecule has 5 nitrogen and oxygen atoms in total. The van der Waals surface area contributed by atoms with Crippen molar-refractivity contribution in [3.8, 4) is 5.75 Å². The van der Waals surface area contributed by atoms with E-state index in [-0.39, 0.29) is 5.41 Å². The summed E-state index contributed by atoms with van der Waals surface area (Å²) in [5.74, 6) is 1.87. The van der Waals surface area contributed by atoms with Gasteiger partial charge in [0.1, 0.15) is 5.75 Å². The van der Waals surface area contributed by atoms with E-state index in [1.165, 1.54) is 16.8 Å². The first kappa shape index (κ1) is 19.8. The van der Waals surface area contributed by atoms with Crippen LogP contribution in [0, 0.1) is 0 Å². The maximum atomic E-state index is 5.69. The second kappa shape index (κ2) is 8.87. The van der Waals surface area contributed by atoms with E-state index in [0.717, 1.165) is 63.8 Å². The summed E-state index contributed by atoms with van der Waals surface area (Å²) in [5.41, 5.74) is 4.00. The third-order valence-electron chi connectivity index (χ3n) is 6.16. The molecule has 0 amide bonds. The summed E-state index contributed by atoms with van der Waals surface area (Å²) < 4.78 is 11.0. The average Bonchev–Trinajstić information content (AvgIpc) is 3.21. The van der Waals surface area contributed by atoms with Crippen molar-refractivity contribution in [2.45, 2.75) is 31.6 Å². The van der Waals surface area contributed by atoms with E-state index < -0.39 is 0 Å². The first-order valence-corrected chi connectivity index (χ1v) is 10.6. The molecule has 4 rings (SSSR count). The minimum atomic E-state index is 0.00440. The predicted octanol–water partition coefficient (Wildman–Crippen LogP) is 3.77. The Bertz CT molecular complexity index is 841. The molecule has 2 aliphatic rings. The Morgan fingerprint density at radius 2 is 1.90 bits per heavy atom. The largest absolute Gasteiger partial charge is 0.497 e. The van der Waals surface area contributed by atoms with Crippen LogP contribution in [0.4, 0.5) is 5.69 Å². The molecule has 1 saturated heterocycles. The summed E-state index contributed by atoms with van der Waals surface area (Å²) in [6, 6.07) is 17.1. The van der Waals surface area contributed by atoms with Gasteiger partial charge < -0.3 is 19.7 Å². The van der Waals surface area contributed by atoms with Crippen molar-refractivity contribution in [2.24, 2.45) is 4.99 Å². The predicted molar refractivity (Wildman–Crippen MR) is 118 cm³/mol. The lowest BCUT2D eigenvalue weighted by atomic mass is 9.74. The topological polar surface area (TPSA) is 46.1 Å². The highest BCUT2D eigenvalue weighted by atomic mass is 16.5. The van der Waals surface area contributed by atoms with Gasteiger partial charge >= 0.3 is 0 Å². The Morgan fingerprint density at radius 3 is 2.62 bits per heavy atom. The molecule has 0 radical (unpaired) electrons. The number of hydrogen-bond acceptors (Lipinski definition) is 3. The summed E-state index contributed by atoms with van der Waals surface area (Å²) in [6.45, 7) is 6.28. The molecule has 0 spiro atoms. The van der Waals surface area contributed by atoms with Crippen LogP contribution in [-0.2, 0) is 16.6 Å². The molecule has 1 N–H and O–H groups in total. The zero-order chi connectivity index (χ0) is 20.1. The lowest BCUT2D eigenvalue weighted by Gasteiger charge is -2.37. The lowest BCUT2D eigenvalue weighted by molar-refractivity contribution is 0.0531. The summed E-state index contributed by atoms with van der Waals surface area (Å²) in [7, 11) is 1.71. The lowest BCUT2D eigenvalue weighted by Crippen LogP contribution is -2.43. The highest BCUT2D eigenvalue weighted by Gasteiger charge is 2.35. The molecule has 29 heavy (non-hydrogen) atoms. The summed E-state index contributed by atoms with van der Waals surface area (Å²) in [6.07, 6.45) is 3.04. The molecule has 5 heteroatoms.